The van der Waals surface area contributed by atoms with Gasteiger partial charge in [-0.25, -0.2) is 4.39 Å². The third-order valence-electron chi connectivity index (χ3n) is 8.18. The van der Waals surface area contributed by atoms with Crippen LogP contribution in [0.4, 0.5) is 10.1 Å². The van der Waals surface area contributed by atoms with Crippen molar-refractivity contribution >= 4 is 11.6 Å². The normalized spacial score (nSPS) is 24.0. The molecule has 5 rings (SSSR count). The molecule has 1 aromatic heterocycles. The minimum atomic E-state index is -0.324. The van der Waals surface area contributed by atoms with E-state index in [2.05, 4.69) is 35.9 Å². The minimum absolute atomic E-state index is 0.0741. The summed E-state index contributed by atoms with van der Waals surface area (Å²) in [5.74, 6) is -0.207. The zero-order chi connectivity index (χ0) is 26.9. The molecule has 0 aliphatic carbocycles. The predicted octanol–water partition coefficient (Wildman–Crippen LogP) is 1.92. The molecular weight excluding hydrogens is 485 g/mol. The first-order valence-electron chi connectivity index (χ1n) is 13.7. The Bertz CT molecular complexity index is 1140. The van der Waals surface area contributed by atoms with Gasteiger partial charge in [0, 0.05) is 56.8 Å². The van der Waals surface area contributed by atoms with Gasteiger partial charge in [-0.3, -0.25) is 19.6 Å². The van der Waals surface area contributed by atoms with E-state index in [4.69, 9.17) is 9.72 Å². The quantitative estimate of drug-likeness (QED) is 0.572. The molecule has 2 N–H and O–H groups in total. The summed E-state index contributed by atoms with van der Waals surface area (Å²) in [5.41, 5.74) is 3.74. The van der Waals surface area contributed by atoms with Crippen molar-refractivity contribution in [3.05, 3.63) is 58.7 Å². The number of rotatable bonds is 7. The molecule has 9 heteroatoms. The van der Waals surface area contributed by atoms with E-state index in [0.717, 1.165) is 68.4 Å². The van der Waals surface area contributed by atoms with Gasteiger partial charge >= 0.3 is 0 Å². The van der Waals surface area contributed by atoms with Gasteiger partial charge in [-0.05, 0) is 42.7 Å². The Kier molecular flexibility index (Phi) is 8.11. The number of carbonyl (C=O) groups is 1. The first-order chi connectivity index (χ1) is 18.2. The number of nitrogens with one attached hydrogen (secondary N) is 1. The van der Waals surface area contributed by atoms with Crippen molar-refractivity contribution in [3.8, 4) is 0 Å². The third kappa shape index (κ3) is 5.77. The van der Waals surface area contributed by atoms with Crippen LogP contribution in [0, 0.1) is 5.82 Å². The molecular formula is C29H40FN5O3. The fourth-order valence-corrected chi connectivity index (χ4v) is 5.93. The van der Waals surface area contributed by atoms with E-state index in [9.17, 15) is 14.3 Å². The fourth-order valence-electron chi connectivity index (χ4n) is 5.93. The maximum atomic E-state index is 13.8. The second-order valence-electron chi connectivity index (χ2n) is 11.5. The number of halogens is 1. The van der Waals surface area contributed by atoms with Gasteiger partial charge in [0.2, 0.25) is 5.91 Å². The lowest BCUT2D eigenvalue weighted by Gasteiger charge is -2.42. The largest absolute Gasteiger partial charge is 0.390 e. The van der Waals surface area contributed by atoms with E-state index >= 15 is 0 Å². The number of ether oxygens (including phenoxy) is 1. The summed E-state index contributed by atoms with van der Waals surface area (Å²) < 4.78 is 19.0. The molecule has 8 nitrogen and oxygen atoms in total. The van der Waals surface area contributed by atoms with Crippen molar-refractivity contribution in [2.45, 2.75) is 51.3 Å². The van der Waals surface area contributed by atoms with Crippen LogP contribution in [-0.4, -0.2) is 96.9 Å². The Balaban J connectivity index is 1.36. The van der Waals surface area contributed by atoms with E-state index in [1.165, 1.54) is 12.1 Å². The van der Waals surface area contributed by atoms with E-state index in [1.54, 1.807) is 12.1 Å². The van der Waals surface area contributed by atoms with Crippen LogP contribution >= 0.6 is 0 Å². The molecule has 38 heavy (non-hydrogen) atoms. The molecule has 0 radical (unpaired) electrons. The number of hydrogen-bond acceptors (Lipinski definition) is 7. The highest BCUT2D eigenvalue weighted by atomic mass is 19.1. The van der Waals surface area contributed by atoms with Crippen LogP contribution in [-0.2, 0) is 28.0 Å². The van der Waals surface area contributed by atoms with Crippen LogP contribution in [0.15, 0.2) is 30.3 Å². The lowest BCUT2D eigenvalue weighted by Crippen LogP contribution is -2.59. The second-order valence-corrected chi connectivity index (χ2v) is 11.5. The number of nitrogens with zero attached hydrogens (tertiary/aromatic N) is 4. The fraction of sp³-hybridized carbons (Fsp3) is 0.586. The van der Waals surface area contributed by atoms with Crippen molar-refractivity contribution in [2.24, 2.45) is 0 Å². The van der Waals surface area contributed by atoms with Crippen molar-refractivity contribution in [1.29, 1.82) is 0 Å². The van der Waals surface area contributed by atoms with Crippen molar-refractivity contribution in [3.63, 3.8) is 0 Å². The average molecular weight is 526 g/mol. The molecule has 2 aromatic rings. The lowest BCUT2D eigenvalue weighted by molar-refractivity contribution is -0.120. The Labute approximate surface area is 224 Å². The highest BCUT2D eigenvalue weighted by molar-refractivity contribution is 5.97. The van der Waals surface area contributed by atoms with Gasteiger partial charge in [-0.15, -0.1) is 0 Å². The number of hydrogen-bond donors (Lipinski definition) is 2. The third-order valence-corrected chi connectivity index (χ3v) is 8.18. The zero-order valence-corrected chi connectivity index (χ0v) is 22.8. The van der Waals surface area contributed by atoms with E-state index in [-0.39, 0.29) is 29.8 Å². The Hall–Kier alpha value is -2.43. The van der Waals surface area contributed by atoms with Gasteiger partial charge in [0.1, 0.15) is 5.82 Å². The summed E-state index contributed by atoms with van der Waals surface area (Å²) in [5, 5.41) is 13.6. The number of anilines is 1. The summed E-state index contributed by atoms with van der Waals surface area (Å²) in [7, 11) is 0. The molecule has 3 aliphatic heterocycles. The molecule has 2 atom stereocenters. The molecule has 0 spiro atoms. The minimum Gasteiger partial charge on any atom is -0.390 e. The van der Waals surface area contributed by atoms with Crippen molar-refractivity contribution in [1.82, 2.24) is 20.1 Å². The number of amides is 1. The predicted molar refractivity (Wildman–Crippen MR) is 145 cm³/mol. The van der Waals surface area contributed by atoms with Crippen LogP contribution in [0.1, 0.15) is 43.3 Å². The van der Waals surface area contributed by atoms with E-state index < -0.39 is 0 Å². The summed E-state index contributed by atoms with van der Waals surface area (Å²) in [6.07, 6.45) is 0.510. The number of aliphatic hydroxyl groups excluding tert-OH is 1. The Morgan fingerprint density at radius 1 is 1.24 bits per heavy atom. The first-order valence-corrected chi connectivity index (χ1v) is 13.7. The maximum Gasteiger partial charge on any atom is 0.241 e. The summed E-state index contributed by atoms with van der Waals surface area (Å²) in [6, 6.07) is 9.01. The average Bonchev–Trinajstić information content (AvgIpc) is 3.17. The van der Waals surface area contributed by atoms with Crippen LogP contribution in [0.3, 0.4) is 0 Å². The van der Waals surface area contributed by atoms with Gasteiger partial charge < -0.3 is 20.1 Å². The van der Waals surface area contributed by atoms with Gasteiger partial charge in [0.15, 0.2) is 0 Å². The molecule has 0 bridgehead atoms. The topological polar surface area (TPSA) is 81.2 Å². The van der Waals surface area contributed by atoms with Gasteiger partial charge in [0.05, 0.1) is 43.4 Å². The summed E-state index contributed by atoms with van der Waals surface area (Å²) in [4.78, 5) is 25.4. The smallest absolute Gasteiger partial charge is 0.241 e. The van der Waals surface area contributed by atoms with E-state index in [1.807, 2.05) is 11.0 Å². The van der Waals surface area contributed by atoms with Gasteiger partial charge in [0.25, 0.3) is 0 Å². The number of pyridine rings is 1. The first kappa shape index (κ1) is 27.1. The SMILES string of the molecule is CC1COCCN1CC1CNCCN1CC(=O)N1CC(C)(C)c2nc(CO)c(Cc3ccc(F)cc3)cc21. The maximum absolute atomic E-state index is 13.8. The highest BCUT2D eigenvalue weighted by Crippen LogP contribution is 2.40. The van der Waals surface area contributed by atoms with Crippen LogP contribution in [0.2, 0.25) is 0 Å². The van der Waals surface area contributed by atoms with Crippen molar-refractivity contribution < 1.29 is 19.0 Å². The van der Waals surface area contributed by atoms with Gasteiger partial charge in [-0.1, -0.05) is 26.0 Å². The summed E-state index contributed by atoms with van der Waals surface area (Å²) in [6.45, 7) is 13.0. The number of carbonyl (C=O) groups excluding carboxylic acids is 1. The monoisotopic (exact) mass is 525 g/mol. The summed E-state index contributed by atoms with van der Waals surface area (Å²) >= 11 is 0. The second kappa shape index (κ2) is 11.4. The molecule has 4 heterocycles. The van der Waals surface area contributed by atoms with Crippen molar-refractivity contribution in [2.75, 3.05) is 63.9 Å². The number of piperazine rings is 1. The standard InChI is InChI=1S/C29H40FN5O3/c1-20-18-38-11-10-33(20)15-24-14-31-8-9-34(24)16-27(37)35-19-29(2,3)28-26(35)13-22(25(17-36)32-28)12-21-4-6-23(30)7-5-21/h4-7,13,20,24,31,36H,8-12,14-19H2,1-3H3. The molecule has 2 fully saturated rings. The highest BCUT2D eigenvalue weighted by Gasteiger charge is 2.41. The number of morpholine rings is 1. The molecule has 0 saturated carbocycles. The number of aliphatic hydroxyl groups is 1. The molecule has 2 unspecified atom stereocenters. The molecule has 1 aromatic carbocycles. The van der Waals surface area contributed by atoms with Gasteiger partial charge in [-0.2, -0.15) is 0 Å². The number of aromatic nitrogens is 1. The van der Waals surface area contributed by atoms with Crippen LogP contribution in [0.5, 0.6) is 0 Å². The molecule has 2 saturated heterocycles. The van der Waals surface area contributed by atoms with E-state index in [0.29, 0.717) is 31.2 Å². The van der Waals surface area contributed by atoms with Crippen LogP contribution in [0.25, 0.3) is 0 Å². The Morgan fingerprint density at radius 2 is 2.03 bits per heavy atom. The lowest BCUT2D eigenvalue weighted by atomic mass is 9.90. The zero-order valence-electron chi connectivity index (χ0n) is 22.8. The molecule has 3 aliphatic rings. The number of fused-ring (bicyclic) bond motifs is 1. The molecule has 1 amide bonds. The molecule has 206 valence electrons. The van der Waals surface area contributed by atoms with Crippen LogP contribution < -0.4 is 10.2 Å². The number of benzene rings is 1. The Morgan fingerprint density at radius 3 is 2.76 bits per heavy atom.